The van der Waals surface area contributed by atoms with E-state index in [1.807, 2.05) is 13.0 Å². The average Bonchev–Trinajstić information content (AvgIpc) is 2.18. The molecule has 0 aromatic heterocycles. The van der Waals surface area contributed by atoms with Gasteiger partial charge in [0.05, 0.1) is 12.2 Å². The zero-order chi connectivity index (χ0) is 9.97. The molecule has 0 spiro atoms. The third-order valence-electron chi connectivity index (χ3n) is 2.72. The largest absolute Gasteiger partial charge is 0.372 e. The van der Waals surface area contributed by atoms with Crippen LogP contribution in [0.2, 0.25) is 0 Å². The predicted octanol–water partition coefficient (Wildman–Crippen LogP) is 1.79. The van der Waals surface area contributed by atoms with Crippen molar-refractivity contribution in [1.82, 2.24) is 5.32 Å². The SMILES string of the molecule is C[C@@H]1CNC[C@H](C2C=C(F)C=CC2)O1. The highest BCUT2D eigenvalue weighted by Gasteiger charge is 2.26. The number of nitrogens with one attached hydrogen (secondary N) is 1. The molecule has 1 unspecified atom stereocenters. The van der Waals surface area contributed by atoms with Crippen molar-refractivity contribution < 1.29 is 9.13 Å². The Morgan fingerprint density at radius 3 is 3.07 bits per heavy atom. The van der Waals surface area contributed by atoms with Crippen LogP contribution in [0.3, 0.4) is 0 Å². The van der Waals surface area contributed by atoms with Crippen LogP contribution in [0.1, 0.15) is 13.3 Å². The van der Waals surface area contributed by atoms with Gasteiger partial charge in [-0.05, 0) is 25.5 Å². The number of hydrogen-bond donors (Lipinski definition) is 1. The van der Waals surface area contributed by atoms with E-state index in [0.717, 1.165) is 19.5 Å². The third kappa shape index (κ3) is 2.22. The van der Waals surface area contributed by atoms with Crippen LogP contribution < -0.4 is 5.32 Å². The lowest BCUT2D eigenvalue weighted by Gasteiger charge is -2.33. The Labute approximate surface area is 83.8 Å². The fourth-order valence-electron chi connectivity index (χ4n) is 2.00. The molecule has 0 aromatic rings. The molecule has 0 aromatic carbocycles. The summed E-state index contributed by atoms with van der Waals surface area (Å²) < 4.78 is 18.8. The summed E-state index contributed by atoms with van der Waals surface area (Å²) in [6.45, 7) is 3.76. The molecule has 1 fully saturated rings. The van der Waals surface area contributed by atoms with Gasteiger partial charge in [0.15, 0.2) is 0 Å². The Hall–Kier alpha value is -0.670. The highest BCUT2D eigenvalue weighted by molar-refractivity contribution is 5.18. The number of hydrogen-bond acceptors (Lipinski definition) is 2. The summed E-state index contributed by atoms with van der Waals surface area (Å²) in [5.41, 5.74) is 0. The van der Waals surface area contributed by atoms with Gasteiger partial charge in [0.25, 0.3) is 0 Å². The second-order valence-corrected chi connectivity index (χ2v) is 4.00. The molecule has 2 aliphatic rings. The Morgan fingerprint density at radius 1 is 1.50 bits per heavy atom. The maximum atomic E-state index is 13.0. The molecule has 2 rings (SSSR count). The number of rotatable bonds is 1. The van der Waals surface area contributed by atoms with Crippen molar-refractivity contribution in [1.29, 1.82) is 0 Å². The molecule has 1 aliphatic heterocycles. The smallest absolute Gasteiger partial charge is 0.119 e. The van der Waals surface area contributed by atoms with E-state index in [-0.39, 0.29) is 24.0 Å². The molecular formula is C11H16FNO. The molecule has 0 saturated carbocycles. The molecule has 1 saturated heterocycles. The first kappa shape index (κ1) is 9.87. The molecule has 0 radical (unpaired) electrons. The van der Waals surface area contributed by atoms with Gasteiger partial charge in [-0.2, -0.15) is 0 Å². The van der Waals surface area contributed by atoms with E-state index in [1.54, 1.807) is 6.08 Å². The molecule has 0 amide bonds. The molecule has 1 heterocycles. The molecule has 3 atom stereocenters. The predicted molar refractivity (Wildman–Crippen MR) is 53.6 cm³/mol. The highest BCUT2D eigenvalue weighted by atomic mass is 19.1. The van der Waals surface area contributed by atoms with Crippen molar-refractivity contribution in [3.05, 3.63) is 24.1 Å². The Morgan fingerprint density at radius 2 is 2.36 bits per heavy atom. The van der Waals surface area contributed by atoms with Crippen LogP contribution in [-0.2, 0) is 4.74 Å². The summed E-state index contributed by atoms with van der Waals surface area (Å²) in [5.74, 6) is 0.0540. The molecule has 3 heteroatoms. The molecule has 2 nitrogen and oxygen atoms in total. The van der Waals surface area contributed by atoms with Crippen LogP contribution in [0.4, 0.5) is 4.39 Å². The molecule has 1 N–H and O–H groups in total. The minimum absolute atomic E-state index is 0.120. The normalized spacial score (nSPS) is 38.1. The monoisotopic (exact) mass is 197 g/mol. The zero-order valence-electron chi connectivity index (χ0n) is 8.37. The molecule has 1 aliphatic carbocycles. The summed E-state index contributed by atoms with van der Waals surface area (Å²) >= 11 is 0. The fraction of sp³-hybridized carbons (Fsp3) is 0.636. The van der Waals surface area contributed by atoms with Crippen LogP contribution in [-0.4, -0.2) is 25.3 Å². The first-order valence-corrected chi connectivity index (χ1v) is 5.16. The fourth-order valence-corrected chi connectivity index (χ4v) is 2.00. The van der Waals surface area contributed by atoms with Crippen LogP contribution in [0.25, 0.3) is 0 Å². The maximum Gasteiger partial charge on any atom is 0.119 e. The Kier molecular flexibility index (Phi) is 2.99. The number of allylic oxidation sites excluding steroid dienone is 3. The first-order valence-electron chi connectivity index (χ1n) is 5.16. The lowest BCUT2D eigenvalue weighted by Crippen LogP contribution is -2.46. The highest BCUT2D eigenvalue weighted by Crippen LogP contribution is 2.24. The van der Waals surface area contributed by atoms with Crippen molar-refractivity contribution in [2.75, 3.05) is 13.1 Å². The van der Waals surface area contributed by atoms with Crippen molar-refractivity contribution in [3.63, 3.8) is 0 Å². The van der Waals surface area contributed by atoms with Crippen molar-refractivity contribution in [2.45, 2.75) is 25.6 Å². The van der Waals surface area contributed by atoms with Gasteiger partial charge in [0.2, 0.25) is 0 Å². The summed E-state index contributed by atoms with van der Waals surface area (Å²) in [6.07, 6.45) is 6.31. The third-order valence-corrected chi connectivity index (χ3v) is 2.72. The van der Waals surface area contributed by atoms with Crippen LogP contribution >= 0.6 is 0 Å². The van der Waals surface area contributed by atoms with Crippen LogP contribution in [0, 0.1) is 5.92 Å². The van der Waals surface area contributed by atoms with E-state index in [9.17, 15) is 4.39 Å². The van der Waals surface area contributed by atoms with Crippen molar-refractivity contribution >= 4 is 0 Å². The quantitative estimate of drug-likeness (QED) is 0.692. The average molecular weight is 197 g/mol. The minimum atomic E-state index is -0.136. The molecular weight excluding hydrogens is 181 g/mol. The maximum absolute atomic E-state index is 13.0. The van der Waals surface area contributed by atoms with Gasteiger partial charge in [-0.15, -0.1) is 0 Å². The number of ether oxygens (including phenoxy) is 1. The van der Waals surface area contributed by atoms with E-state index < -0.39 is 0 Å². The van der Waals surface area contributed by atoms with Gasteiger partial charge < -0.3 is 10.1 Å². The standard InChI is InChI=1S/C11H16FNO/c1-8-6-13-7-11(14-8)9-3-2-4-10(12)5-9/h2,4-5,8-9,11,13H,3,6-7H2,1H3/t8-,9?,11-/m1/s1. The number of halogens is 1. The van der Waals surface area contributed by atoms with E-state index in [0.29, 0.717) is 0 Å². The second-order valence-electron chi connectivity index (χ2n) is 4.00. The summed E-state index contributed by atoms with van der Waals surface area (Å²) in [4.78, 5) is 0. The summed E-state index contributed by atoms with van der Waals surface area (Å²) in [7, 11) is 0. The molecule has 14 heavy (non-hydrogen) atoms. The van der Waals surface area contributed by atoms with E-state index in [4.69, 9.17) is 4.74 Å². The molecule has 78 valence electrons. The zero-order valence-corrected chi connectivity index (χ0v) is 8.37. The van der Waals surface area contributed by atoms with E-state index >= 15 is 0 Å². The first-order chi connectivity index (χ1) is 6.75. The minimum Gasteiger partial charge on any atom is -0.372 e. The lowest BCUT2D eigenvalue weighted by molar-refractivity contribution is -0.0472. The van der Waals surface area contributed by atoms with Crippen LogP contribution in [0.5, 0.6) is 0 Å². The van der Waals surface area contributed by atoms with Gasteiger partial charge in [0, 0.05) is 19.0 Å². The van der Waals surface area contributed by atoms with Gasteiger partial charge in [-0.25, -0.2) is 4.39 Å². The van der Waals surface area contributed by atoms with Gasteiger partial charge in [0.1, 0.15) is 5.83 Å². The Bertz CT molecular complexity index is 262. The van der Waals surface area contributed by atoms with Gasteiger partial charge >= 0.3 is 0 Å². The van der Waals surface area contributed by atoms with Crippen LogP contribution in [0.15, 0.2) is 24.1 Å². The van der Waals surface area contributed by atoms with Crippen molar-refractivity contribution in [3.8, 4) is 0 Å². The lowest BCUT2D eigenvalue weighted by atomic mass is 9.93. The van der Waals surface area contributed by atoms with Gasteiger partial charge in [-0.3, -0.25) is 0 Å². The number of morpholine rings is 1. The summed E-state index contributed by atoms with van der Waals surface area (Å²) in [6, 6.07) is 0. The van der Waals surface area contributed by atoms with E-state index in [1.165, 1.54) is 6.08 Å². The molecule has 0 bridgehead atoms. The van der Waals surface area contributed by atoms with Crippen molar-refractivity contribution in [2.24, 2.45) is 5.92 Å². The Balaban J connectivity index is 1.97. The van der Waals surface area contributed by atoms with E-state index in [2.05, 4.69) is 5.32 Å². The summed E-state index contributed by atoms with van der Waals surface area (Å²) in [5, 5.41) is 3.30. The second kappa shape index (κ2) is 4.24. The topological polar surface area (TPSA) is 21.3 Å². The van der Waals surface area contributed by atoms with Gasteiger partial charge in [-0.1, -0.05) is 6.08 Å².